The SMILES string of the molecule is CNc1cc(C)nc(CC2COc3ccccc3C2)n1. The maximum Gasteiger partial charge on any atom is 0.131 e. The largest absolute Gasteiger partial charge is 0.493 e. The summed E-state index contributed by atoms with van der Waals surface area (Å²) >= 11 is 0. The molecule has 0 saturated carbocycles. The zero-order valence-corrected chi connectivity index (χ0v) is 11.9. The van der Waals surface area contributed by atoms with E-state index in [-0.39, 0.29) is 0 Å². The molecule has 0 bridgehead atoms. The lowest BCUT2D eigenvalue weighted by molar-refractivity contribution is 0.219. The molecule has 0 saturated heterocycles. The minimum atomic E-state index is 0.441. The van der Waals surface area contributed by atoms with E-state index in [4.69, 9.17) is 4.74 Å². The first kappa shape index (κ1) is 12.9. The number of nitrogens with one attached hydrogen (secondary N) is 1. The molecule has 0 amide bonds. The van der Waals surface area contributed by atoms with Gasteiger partial charge in [-0.2, -0.15) is 0 Å². The third kappa shape index (κ3) is 2.74. The number of nitrogens with zero attached hydrogens (tertiary/aromatic N) is 2. The fraction of sp³-hybridized carbons (Fsp3) is 0.375. The lowest BCUT2D eigenvalue weighted by Gasteiger charge is -2.24. The summed E-state index contributed by atoms with van der Waals surface area (Å²) in [6.45, 7) is 2.74. The second kappa shape index (κ2) is 5.49. The first-order valence-electron chi connectivity index (χ1n) is 6.97. The second-order valence-electron chi connectivity index (χ2n) is 5.25. The number of fused-ring (bicyclic) bond motifs is 1. The average Bonchev–Trinajstić information content (AvgIpc) is 2.46. The van der Waals surface area contributed by atoms with Crippen molar-refractivity contribution < 1.29 is 4.74 Å². The molecule has 4 nitrogen and oxygen atoms in total. The van der Waals surface area contributed by atoms with Gasteiger partial charge in [-0.1, -0.05) is 18.2 Å². The Kier molecular flexibility index (Phi) is 3.54. The fourth-order valence-corrected chi connectivity index (χ4v) is 2.63. The Balaban J connectivity index is 1.75. The third-order valence-electron chi connectivity index (χ3n) is 3.58. The maximum atomic E-state index is 5.82. The molecule has 4 heteroatoms. The highest BCUT2D eigenvalue weighted by atomic mass is 16.5. The van der Waals surface area contributed by atoms with Gasteiger partial charge in [-0.3, -0.25) is 0 Å². The van der Waals surface area contributed by atoms with Crippen LogP contribution >= 0.6 is 0 Å². The predicted octanol–water partition coefficient (Wildman–Crippen LogP) is 2.62. The molecule has 1 aromatic carbocycles. The van der Waals surface area contributed by atoms with E-state index in [2.05, 4.69) is 27.4 Å². The number of anilines is 1. The van der Waals surface area contributed by atoms with Gasteiger partial charge >= 0.3 is 0 Å². The molecule has 1 aliphatic rings. The molecular formula is C16H19N3O. The van der Waals surface area contributed by atoms with Gasteiger partial charge in [0.15, 0.2) is 0 Å². The van der Waals surface area contributed by atoms with E-state index in [1.807, 2.05) is 32.2 Å². The molecule has 0 aliphatic carbocycles. The van der Waals surface area contributed by atoms with Crippen molar-refractivity contribution in [3.8, 4) is 5.75 Å². The van der Waals surface area contributed by atoms with E-state index in [1.165, 1.54) is 5.56 Å². The van der Waals surface area contributed by atoms with Crippen LogP contribution in [0.3, 0.4) is 0 Å². The van der Waals surface area contributed by atoms with Crippen molar-refractivity contribution in [2.45, 2.75) is 19.8 Å². The lowest BCUT2D eigenvalue weighted by Crippen LogP contribution is -2.23. The number of para-hydroxylation sites is 1. The van der Waals surface area contributed by atoms with Crippen molar-refractivity contribution in [2.24, 2.45) is 5.92 Å². The Morgan fingerprint density at radius 3 is 3.00 bits per heavy atom. The first-order valence-corrected chi connectivity index (χ1v) is 6.97. The summed E-state index contributed by atoms with van der Waals surface area (Å²) in [6, 6.07) is 10.2. The van der Waals surface area contributed by atoms with Crippen molar-refractivity contribution >= 4 is 5.82 Å². The number of benzene rings is 1. The highest BCUT2D eigenvalue weighted by molar-refractivity contribution is 5.36. The number of aryl methyl sites for hydroxylation is 1. The smallest absolute Gasteiger partial charge is 0.131 e. The van der Waals surface area contributed by atoms with Crippen molar-refractivity contribution in [2.75, 3.05) is 19.0 Å². The number of ether oxygens (including phenoxy) is 1. The molecule has 0 radical (unpaired) electrons. The molecule has 1 atom stereocenters. The number of hydrogen-bond acceptors (Lipinski definition) is 4. The highest BCUT2D eigenvalue weighted by Crippen LogP contribution is 2.28. The number of aromatic nitrogens is 2. The van der Waals surface area contributed by atoms with E-state index in [0.717, 1.165) is 42.5 Å². The topological polar surface area (TPSA) is 47.0 Å². The van der Waals surface area contributed by atoms with Crippen LogP contribution in [0.25, 0.3) is 0 Å². The molecule has 20 heavy (non-hydrogen) atoms. The molecule has 1 N–H and O–H groups in total. The average molecular weight is 269 g/mol. The molecule has 3 rings (SSSR count). The van der Waals surface area contributed by atoms with Gasteiger partial charge in [-0.05, 0) is 25.0 Å². The monoisotopic (exact) mass is 269 g/mol. The summed E-state index contributed by atoms with van der Waals surface area (Å²) < 4.78 is 5.82. The normalized spacial score (nSPS) is 17.2. The minimum absolute atomic E-state index is 0.441. The molecule has 1 unspecified atom stereocenters. The van der Waals surface area contributed by atoms with Gasteiger partial charge in [0, 0.05) is 31.1 Å². The van der Waals surface area contributed by atoms with E-state index in [9.17, 15) is 0 Å². The van der Waals surface area contributed by atoms with Gasteiger partial charge in [0.2, 0.25) is 0 Å². The quantitative estimate of drug-likeness (QED) is 0.930. The van der Waals surface area contributed by atoms with Crippen LogP contribution in [0.4, 0.5) is 5.82 Å². The van der Waals surface area contributed by atoms with Crippen LogP contribution in [0.5, 0.6) is 5.75 Å². The van der Waals surface area contributed by atoms with Crippen LogP contribution in [0.2, 0.25) is 0 Å². The van der Waals surface area contributed by atoms with E-state index >= 15 is 0 Å². The van der Waals surface area contributed by atoms with Crippen LogP contribution in [0.15, 0.2) is 30.3 Å². The minimum Gasteiger partial charge on any atom is -0.493 e. The van der Waals surface area contributed by atoms with Gasteiger partial charge in [0.05, 0.1) is 6.61 Å². The van der Waals surface area contributed by atoms with Gasteiger partial charge < -0.3 is 10.1 Å². The molecular weight excluding hydrogens is 250 g/mol. The van der Waals surface area contributed by atoms with E-state index < -0.39 is 0 Å². The van der Waals surface area contributed by atoms with Crippen molar-refractivity contribution in [1.82, 2.24) is 9.97 Å². The third-order valence-corrected chi connectivity index (χ3v) is 3.58. The van der Waals surface area contributed by atoms with Crippen LogP contribution in [0, 0.1) is 12.8 Å². The van der Waals surface area contributed by atoms with Crippen LogP contribution < -0.4 is 10.1 Å². The predicted molar refractivity (Wildman–Crippen MR) is 79.2 cm³/mol. The molecule has 104 valence electrons. The standard InChI is InChI=1S/C16H19N3O/c1-11-7-15(17-2)19-16(18-11)9-12-8-13-5-3-4-6-14(13)20-10-12/h3-7,12H,8-10H2,1-2H3,(H,17,18,19). The highest BCUT2D eigenvalue weighted by Gasteiger charge is 2.21. The summed E-state index contributed by atoms with van der Waals surface area (Å²) in [5.74, 6) is 3.23. The first-order chi connectivity index (χ1) is 9.74. The fourth-order valence-electron chi connectivity index (χ4n) is 2.63. The molecule has 1 aromatic heterocycles. The second-order valence-corrected chi connectivity index (χ2v) is 5.25. The maximum absolute atomic E-state index is 5.82. The van der Waals surface area contributed by atoms with E-state index in [0.29, 0.717) is 5.92 Å². The summed E-state index contributed by atoms with van der Waals surface area (Å²) in [6.07, 6.45) is 1.88. The van der Waals surface area contributed by atoms with Gasteiger partial charge in [0.25, 0.3) is 0 Å². The Labute approximate surface area is 119 Å². The van der Waals surface area contributed by atoms with E-state index in [1.54, 1.807) is 0 Å². The van der Waals surface area contributed by atoms with Crippen molar-refractivity contribution in [3.63, 3.8) is 0 Å². The summed E-state index contributed by atoms with van der Waals surface area (Å²) in [4.78, 5) is 9.05. The van der Waals surface area contributed by atoms with Gasteiger partial charge in [0.1, 0.15) is 17.4 Å². The molecule has 2 heterocycles. The molecule has 2 aromatic rings. The van der Waals surface area contributed by atoms with Crippen LogP contribution in [0.1, 0.15) is 17.1 Å². The molecule has 0 fully saturated rings. The summed E-state index contributed by atoms with van der Waals surface area (Å²) in [5.41, 5.74) is 2.28. The van der Waals surface area contributed by atoms with Gasteiger partial charge in [-0.25, -0.2) is 9.97 Å². The summed E-state index contributed by atoms with van der Waals surface area (Å²) in [5, 5.41) is 3.08. The Bertz CT molecular complexity index is 612. The zero-order chi connectivity index (χ0) is 13.9. The Hall–Kier alpha value is -2.10. The number of hydrogen-bond donors (Lipinski definition) is 1. The number of rotatable bonds is 3. The Morgan fingerprint density at radius 1 is 1.30 bits per heavy atom. The van der Waals surface area contributed by atoms with Crippen molar-refractivity contribution in [3.05, 3.63) is 47.4 Å². The Morgan fingerprint density at radius 2 is 2.15 bits per heavy atom. The zero-order valence-electron chi connectivity index (χ0n) is 11.9. The molecule has 1 aliphatic heterocycles. The van der Waals surface area contributed by atoms with Crippen LogP contribution in [-0.4, -0.2) is 23.6 Å². The van der Waals surface area contributed by atoms with Crippen LogP contribution in [-0.2, 0) is 12.8 Å². The molecule has 0 spiro atoms. The lowest BCUT2D eigenvalue weighted by atomic mass is 9.94. The summed E-state index contributed by atoms with van der Waals surface area (Å²) in [7, 11) is 1.88. The van der Waals surface area contributed by atoms with Crippen molar-refractivity contribution in [1.29, 1.82) is 0 Å². The van der Waals surface area contributed by atoms with Gasteiger partial charge in [-0.15, -0.1) is 0 Å².